The van der Waals surface area contributed by atoms with Crippen molar-refractivity contribution in [1.29, 1.82) is 0 Å². The number of aromatic nitrogens is 2. The number of nitrogens with zero attached hydrogens (tertiary/aromatic N) is 3. The Labute approximate surface area is 195 Å². The summed E-state index contributed by atoms with van der Waals surface area (Å²) >= 11 is 0. The molecule has 3 heterocycles. The number of rotatable bonds is 6. The van der Waals surface area contributed by atoms with Crippen LogP contribution in [0.2, 0.25) is 0 Å². The fourth-order valence-electron chi connectivity index (χ4n) is 4.87. The zero-order chi connectivity index (χ0) is 23.4. The summed E-state index contributed by atoms with van der Waals surface area (Å²) in [5.41, 5.74) is 5.95. The number of esters is 1. The minimum atomic E-state index is -0.364. The molecule has 0 radical (unpaired) electrons. The van der Waals surface area contributed by atoms with Crippen LogP contribution in [0, 0.1) is 13.8 Å². The van der Waals surface area contributed by atoms with Gasteiger partial charge in [0.05, 0.1) is 43.3 Å². The van der Waals surface area contributed by atoms with Crippen LogP contribution in [0.4, 0.5) is 0 Å². The standard InChI is InChI=1S/C27H31N3O3/c1-18-8-6-14-28-25(18)23-10-5-11-24(26-19(2)9-7-15-29-26)30(23)17-20-12-13-21(32-3)16-22(20)27(31)33-4/h6-9,12-16,23-24H,5,10-11,17H2,1-4H3/t23-,24+. The lowest BCUT2D eigenvalue weighted by Crippen LogP contribution is -2.38. The van der Waals surface area contributed by atoms with Crippen molar-refractivity contribution < 1.29 is 14.3 Å². The minimum absolute atomic E-state index is 0.124. The second kappa shape index (κ2) is 10.1. The maximum absolute atomic E-state index is 12.6. The Balaban J connectivity index is 1.81. The molecule has 3 aromatic rings. The summed E-state index contributed by atoms with van der Waals surface area (Å²) in [5.74, 6) is 0.268. The zero-order valence-corrected chi connectivity index (χ0v) is 19.7. The molecule has 33 heavy (non-hydrogen) atoms. The first kappa shape index (κ1) is 22.9. The topological polar surface area (TPSA) is 64.6 Å². The van der Waals surface area contributed by atoms with Crippen LogP contribution in [-0.4, -0.2) is 35.1 Å². The maximum atomic E-state index is 12.6. The number of pyridine rings is 2. The quantitative estimate of drug-likeness (QED) is 0.476. The number of aryl methyl sites for hydroxylation is 2. The van der Waals surface area contributed by atoms with Gasteiger partial charge < -0.3 is 9.47 Å². The van der Waals surface area contributed by atoms with Crippen molar-refractivity contribution >= 4 is 5.97 Å². The van der Waals surface area contributed by atoms with Crippen molar-refractivity contribution in [3.05, 3.63) is 88.5 Å². The van der Waals surface area contributed by atoms with E-state index in [0.29, 0.717) is 17.9 Å². The molecule has 0 amide bonds. The van der Waals surface area contributed by atoms with E-state index in [1.54, 1.807) is 13.2 Å². The van der Waals surface area contributed by atoms with Crippen molar-refractivity contribution in [3.8, 4) is 5.75 Å². The van der Waals surface area contributed by atoms with Crippen molar-refractivity contribution in [1.82, 2.24) is 14.9 Å². The van der Waals surface area contributed by atoms with Crippen molar-refractivity contribution in [2.24, 2.45) is 0 Å². The molecule has 6 nitrogen and oxygen atoms in total. The highest BCUT2D eigenvalue weighted by Crippen LogP contribution is 2.43. The van der Waals surface area contributed by atoms with E-state index >= 15 is 0 Å². The van der Waals surface area contributed by atoms with Crippen molar-refractivity contribution in [2.75, 3.05) is 14.2 Å². The van der Waals surface area contributed by atoms with E-state index in [9.17, 15) is 4.79 Å². The first-order valence-electron chi connectivity index (χ1n) is 11.4. The van der Waals surface area contributed by atoms with Gasteiger partial charge in [0.15, 0.2) is 0 Å². The molecule has 1 aromatic carbocycles. The lowest BCUT2D eigenvalue weighted by atomic mass is 9.88. The van der Waals surface area contributed by atoms with Gasteiger partial charge in [0, 0.05) is 18.9 Å². The summed E-state index contributed by atoms with van der Waals surface area (Å²) in [5, 5.41) is 0. The van der Waals surface area contributed by atoms with Crippen LogP contribution in [0.25, 0.3) is 0 Å². The molecule has 6 heteroatoms. The third-order valence-electron chi connectivity index (χ3n) is 6.56. The van der Waals surface area contributed by atoms with Gasteiger partial charge in [0.25, 0.3) is 0 Å². The van der Waals surface area contributed by atoms with Crippen LogP contribution < -0.4 is 4.74 Å². The van der Waals surface area contributed by atoms with E-state index in [0.717, 1.165) is 36.2 Å². The van der Waals surface area contributed by atoms with Crippen LogP contribution in [0.1, 0.15) is 69.8 Å². The highest BCUT2D eigenvalue weighted by atomic mass is 16.5. The predicted molar refractivity (Wildman–Crippen MR) is 127 cm³/mol. The molecule has 1 aliphatic heterocycles. The second-order valence-corrected chi connectivity index (χ2v) is 8.56. The lowest BCUT2D eigenvalue weighted by Gasteiger charge is -2.42. The van der Waals surface area contributed by atoms with Crippen molar-refractivity contribution in [2.45, 2.75) is 51.7 Å². The average molecular weight is 446 g/mol. The molecule has 4 rings (SSSR count). The number of methoxy groups -OCH3 is 2. The summed E-state index contributed by atoms with van der Waals surface area (Å²) in [4.78, 5) is 24.6. The number of likely N-dealkylation sites (tertiary alicyclic amines) is 1. The Bertz CT molecular complexity index is 1080. The first-order valence-corrected chi connectivity index (χ1v) is 11.4. The number of hydrogen-bond acceptors (Lipinski definition) is 6. The molecule has 0 aliphatic carbocycles. The number of carbonyl (C=O) groups excluding carboxylic acids is 1. The van der Waals surface area contributed by atoms with E-state index in [2.05, 4.69) is 30.9 Å². The van der Waals surface area contributed by atoms with Gasteiger partial charge in [-0.1, -0.05) is 18.2 Å². The third kappa shape index (κ3) is 4.76. The Hall–Kier alpha value is -3.25. The summed E-state index contributed by atoms with van der Waals surface area (Å²) in [6.45, 7) is 4.81. The Morgan fingerprint density at radius 1 is 0.970 bits per heavy atom. The molecule has 2 aromatic heterocycles. The van der Waals surface area contributed by atoms with Gasteiger partial charge in [-0.15, -0.1) is 0 Å². The van der Waals surface area contributed by atoms with Crippen LogP contribution in [-0.2, 0) is 11.3 Å². The number of hydrogen-bond donors (Lipinski definition) is 0. The molecule has 0 N–H and O–H groups in total. The largest absolute Gasteiger partial charge is 0.497 e. The average Bonchev–Trinajstić information content (AvgIpc) is 2.85. The maximum Gasteiger partial charge on any atom is 0.338 e. The van der Waals surface area contributed by atoms with Gasteiger partial charge in [0.1, 0.15) is 5.75 Å². The minimum Gasteiger partial charge on any atom is -0.497 e. The van der Waals surface area contributed by atoms with Crippen LogP contribution in [0.3, 0.4) is 0 Å². The van der Waals surface area contributed by atoms with E-state index in [1.807, 2.05) is 36.7 Å². The molecule has 0 spiro atoms. The van der Waals surface area contributed by atoms with Crippen molar-refractivity contribution in [3.63, 3.8) is 0 Å². The fraction of sp³-hybridized carbons (Fsp3) is 0.370. The first-order chi connectivity index (χ1) is 16.0. The molecule has 172 valence electrons. The van der Waals surface area contributed by atoms with Gasteiger partial charge >= 0.3 is 5.97 Å². The lowest BCUT2D eigenvalue weighted by molar-refractivity contribution is 0.0574. The van der Waals surface area contributed by atoms with Gasteiger partial charge in [-0.25, -0.2) is 4.79 Å². The fourth-order valence-corrected chi connectivity index (χ4v) is 4.87. The number of benzene rings is 1. The molecule has 0 bridgehead atoms. The second-order valence-electron chi connectivity index (χ2n) is 8.56. The normalized spacial score (nSPS) is 18.7. The van der Waals surface area contributed by atoms with Crippen LogP contribution in [0.15, 0.2) is 54.9 Å². The number of ether oxygens (including phenoxy) is 2. The summed E-state index contributed by atoms with van der Waals surface area (Å²) in [7, 11) is 3.01. The molecule has 1 fully saturated rings. The van der Waals surface area contributed by atoms with Crippen LogP contribution in [0.5, 0.6) is 5.75 Å². The number of carbonyl (C=O) groups is 1. The zero-order valence-electron chi connectivity index (χ0n) is 19.7. The monoisotopic (exact) mass is 445 g/mol. The summed E-state index contributed by atoms with van der Waals surface area (Å²) in [6, 6.07) is 14.0. The summed E-state index contributed by atoms with van der Waals surface area (Å²) < 4.78 is 10.5. The van der Waals surface area contributed by atoms with Crippen LogP contribution >= 0.6 is 0 Å². The molecule has 0 saturated carbocycles. The molecule has 1 aliphatic rings. The Morgan fingerprint density at radius 3 is 2.09 bits per heavy atom. The van der Waals surface area contributed by atoms with Gasteiger partial charge in [0.2, 0.25) is 0 Å². The molecule has 1 saturated heterocycles. The van der Waals surface area contributed by atoms with E-state index in [4.69, 9.17) is 19.4 Å². The molecule has 2 atom stereocenters. The number of piperidine rings is 1. The highest BCUT2D eigenvalue weighted by molar-refractivity contribution is 5.91. The van der Waals surface area contributed by atoms with E-state index in [1.165, 1.54) is 18.2 Å². The predicted octanol–water partition coefficient (Wildman–Crippen LogP) is 5.36. The SMILES string of the molecule is COC(=O)c1cc(OC)ccc1CN1[C@@H](c2ncccc2C)CCC[C@H]1c1ncccc1C. The van der Waals surface area contributed by atoms with E-state index in [-0.39, 0.29) is 18.1 Å². The summed E-state index contributed by atoms with van der Waals surface area (Å²) in [6.07, 6.45) is 6.82. The smallest absolute Gasteiger partial charge is 0.338 e. The Kier molecular flexibility index (Phi) is 7.04. The molecular formula is C27H31N3O3. The highest BCUT2D eigenvalue weighted by Gasteiger charge is 2.36. The Morgan fingerprint density at radius 2 is 1.58 bits per heavy atom. The van der Waals surface area contributed by atoms with E-state index < -0.39 is 0 Å². The van der Waals surface area contributed by atoms with Gasteiger partial charge in [-0.05, 0) is 74.1 Å². The van der Waals surface area contributed by atoms with Gasteiger partial charge in [-0.3, -0.25) is 14.9 Å². The molecular weight excluding hydrogens is 414 g/mol. The molecule has 0 unspecified atom stereocenters. The van der Waals surface area contributed by atoms with Gasteiger partial charge in [-0.2, -0.15) is 0 Å². The third-order valence-corrected chi connectivity index (χ3v) is 6.56.